The summed E-state index contributed by atoms with van der Waals surface area (Å²) in [6, 6.07) is 4.38. The van der Waals surface area contributed by atoms with Crippen molar-refractivity contribution in [1.82, 2.24) is 30.4 Å². The molecule has 1 aromatic carbocycles. The van der Waals surface area contributed by atoms with Gasteiger partial charge in [0.15, 0.2) is 5.60 Å². The van der Waals surface area contributed by atoms with Gasteiger partial charge >= 0.3 is 5.97 Å². The quantitative estimate of drug-likeness (QED) is 0.0856. The highest BCUT2D eigenvalue weighted by Gasteiger charge is 2.45. The third-order valence-corrected chi connectivity index (χ3v) is 10.7. The van der Waals surface area contributed by atoms with Gasteiger partial charge in [0.05, 0.1) is 41.5 Å². The van der Waals surface area contributed by atoms with E-state index in [0.717, 1.165) is 16.5 Å². The van der Waals surface area contributed by atoms with Crippen LogP contribution < -0.4 is 33.0 Å². The molecule has 0 radical (unpaired) electrons. The number of pyridine rings is 2. The van der Waals surface area contributed by atoms with Gasteiger partial charge in [-0.25, -0.2) is 9.78 Å². The molecule has 0 saturated heterocycles. The van der Waals surface area contributed by atoms with E-state index in [9.17, 15) is 38.7 Å². The molecule has 17 nitrogen and oxygen atoms in total. The predicted octanol–water partition coefficient (Wildman–Crippen LogP) is 0.602. The van der Waals surface area contributed by atoms with Crippen LogP contribution in [0, 0.1) is 5.92 Å². The molecule has 4 heterocycles. The van der Waals surface area contributed by atoms with E-state index in [1.807, 2.05) is 52.0 Å². The van der Waals surface area contributed by atoms with E-state index in [1.165, 1.54) is 13.8 Å². The molecule has 17 heteroatoms. The van der Waals surface area contributed by atoms with Crippen LogP contribution in [-0.4, -0.2) is 91.8 Å². The van der Waals surface area contributed by atoms with Crippen LogP contribution in [0.1, 0.15) is 90.0 Å². The number of benzene rings is 1. The minimum Gasteiger partial charge on any atom is -0.458 e. The average Bonchev–Trinajstić information content (AvgIpc) is 3.53. The van der Waals surface area contributed by atoms with E-state index in [2.05, 4.69) is 16.0 Å². The van der Waals surface area contributed by atoms with Crippen molar-refractivity contribution < 1.29 is 38.6 Å². The predicted molar refractivity (Wildman–Crippen MR) is 213 cm³/mol. The molecular weight excluding hydrogens is 748 g/mol. The molecule has 8 N–H and O–H groups in total. The molecule has 58 heavy (non-hydrogen) atoms. The number of cyclic esters (lactones) is 1. The van der Waals surface area contributed by atoms with E-state index >= 15 is 0 Å². The van der Waals surface area contributed by atoms with Crippen molar-refractivity contribution >= 4 is 46.4 Å². The van der Waals surface area contributed by atoms with E-state index in [4.69, 9.17) is 21.2 Å². The molecule has 2 aliphatic heterocycles. The smallest absolute Gasteiger partial charge is 0.343 e. The molecule has 5 rings (SSSR count). The molecule has 0 saturated carbocycles. The molecule has 312 valence electrons. The fourth-order valence-corrected chi connectivity index (χ4v) is 7.54. The van der Waals surface area contributed by atoms with Gasteiger partial charge < -0.3 is 46.7 Å². The highest BCUT2D eigenvalue weighted by Crippen LogP contribution is 2.40. The van der Waals surface area contributed by atoms with Crippen LogP contribution >= 0.6 is 0 Å². The number of nitrogens with zero attached hydrogens (tertiary/aromatic N) is 3. The number of carbonyl (C=O) groups is 6. The van der Waals surface area contributed by atoms with Crippen LogP contribution in [0.5, 0.6) is 0 Å². The van der Waals surface area contributed by atoms with Crippen molar-refractivity contribution in [2.45, 2.75) is 123 Å². The van der Waals surface area contributed by atoms with Crippen LogP contribution in [0.4, 0.5) is 0 Å². The van der Waals surface area contributed by atoms with Crippen LogP contribution in [0.25, 0.3) is 22.3 Å². The molecule has 0 bridgehead atoms. The summed E-state index contributed by atoms with van der Waals surface area (Å²) in [5.74, 6) is -4.26. The number of rotatable bonds is 16. The van der Waals surface area contributed by atoms with Crippen molar-refractivity contribution in [2.75, 3.05) is 6.54 Å². The van der Waals surface area contributed by atoms with Gasteiger partial charge in [-0.15, -0.1) is 0 Å². The summed E-state index contributed by atoms with van der Waals surface area (Å²) in [6.45, 7) is 12.1. The van der Waals surface area contributed by atoms with Crippen LogP contribution in [0.2, 0.25) is 0 Å². The van der Waals surface area contributed by atoms with Gasteiger partial charge in [0.25, 0.3) is 5.56 Å². The molecule has 2 aromatic heterocycles. The molecule has 0 aliphatic carbocycles. The highest BCUT2D eigenvalue weighted by molar-refractivity contribution is 5.97. The lowest BCUT2D eigenvalue weighted by atomic mass is 9.86. The van der Waals surface area contributed by atoms with Gasteiger partial charge in [-0.2, -0.15) is 0 Å². The summed E-state index contributed by atoms with van der Waals surface area (Å²) in [6.07, 6.45) is 0.0264. The Kier molecular flexibility index (Phi) is 13.1. The number of amides is 5. The first-order valence-corrected chi connectivity index (χ1v) is 19.6. The first kappa shape index (κ1) is 43.4. The molecular formula is C41H54N8O9. The number of ether oxygens (including phenoxy) is 1. The van der Waals surface area contributed by atoms with E-state index in [1.54, 1.807) is 22.5 Å². The minimum absolute atomic E-state index is 0.0101. The maximum atomic E-state index is 14.5. The summed E-state index contributed by atoms with van der Waals surface area (Å²) in [7, 11) is 0. The average molecular weight is 803 g/mol. The highest BCUT2D eigenvalue weighted by atomic mass is 16.6. The Hall–Kier alpha value is -5.68. The number of fused-ring (bicyclic) bond motifs is 5. The maximum Gasteiger partial charge on any atom is 0.343 e. The molecule has 5 amide bonds. The van der Waals surface area contributed by atoms with Crippen molar-refractivity contribution in [3.8, 4) is 11.4 Å². The molecule has 0 fully saturated rings. The molecule has 2 aliphatic rings. The fourth-order valence-electron chi connectivity index (χ4n) is 7.54. The van der Waals surface area contributed by atoms with Gasteiger partial charge in [0, 0.05) is 29.1 Å². The Morgan fingerprint density at radius 2 is 1.64 bits per heavy atom. The normalized spacial score (nSPS) is 17.7. The summed E-state index contributed by atoms with van der Waals surface area (Å²) in [5.41, 5.74) is 12.4. The Balaban J connectivity index is 1.44. The van der Waals surface area contributed by atoms with Crippen molar-refractivity contribution in [2.24, 2.45) is 17.4 Å². The maximum absolute atomic E-state index is 14.5. The van der Waals surface area contributed by atoms with Crippen molar-refractivity contribution in [1.29, 1.82) is 0 Å². The van der Waals surface area contributed by atoms with Crippen molar-refractivity contribution in [3.63, 3.8) is 0 Å². The summed E-state index contributed by atoms with van der Waals surface area (Å²) in [5, 5.41) is 19.8. The third-order valence-electron chi connectivity index (χ3n) is 10.7. The largest absolute Gasteiger partial charge is 0.458 e. The van der Waals surface area contributed by atoms with E-state index < -0.39 is 65.8 Å². The number of para-hydroxylation sites is 1. The number of nitrogens with two attached hydrogens (primary N) is 2. The lowest BCUT2D eigenvalue weighted by molar-refractivity contribution is -0.172. The summed E-state index contributed by atoms with van der Waals surface area (Å²) < 4.78 is 6.80. The topological polar surface area (TPSA) is 258 Å². The van der Waals surface area contributed by atoms with Gasteiger partial charge in [-0.1, -0.05) is 39.0 Å². The van der Waals surface area contributed by atoms with Crippen LogP contribution in [0.3, 0.4) is 0 Å². The Labute approximate surface area is 336 Å². The molecule has 0 spiro atoms. The third kappa shape index (κ3) is 8.74. The number of hydrogen-bond donors (Lipinski definition) is 6. The van der Waals surface area contributed by atoms with Crippen LogP contribution in [0.15, 0.2) is 35.1 Å². The zero-order chi connectivity index (χ0) is 42.8. The van der Waals surface area contributed by atoms with Crippen LogP contribution in [-0.2, 0) is 58.7 Å². The summed E-state index contributed by atoms with van der Waals surface area (Å²) >= 11 is 0. The number of aromatic nitrogens is 2. The lowest BCUT2D eigenvalue weighted by Gasteiger charge is -2.33. The first-order chi connectivity index (χ1) is 27.3. The SMILES string of the molecule is CC[C@@]1(O)C(=O)OCc2c1cc1n(c2=O)Cc2c-1nc1ccccc1c2CCN(C(=O)[C@H](CC(C)C)NC(=O)[C@H](CC(N)=O)NC(=O)[C@H](C)NC(=O)[C@H](C)N)C(C)C. The van der Waals surface area contributed by atoms with Gasteiger partial charge in [-0.3, -0.25) is 28.8 Å². The standard InChI is InChI=1S/C41H54N8O9/c1-8-41(57)28-16-32-34-26(18-49(32)38(54)27(28)19-58-40(41)56)24(25-11-9-10-12-29(25)45-34)13-14-48(21(4)5)39(55)31(15-20(2)3)47-37(53)30(17-33(43)50)46-36(52)23(7)44-35(51)22(6)42/h9-12,16,20-23,30-31,57H,8,13-15,17-19,42H2,1-7H3,(H2,43,50)(H,44,51)(H,46,52)(H,47,53)/t22-,23-,30-,31-,41-/m0/s1. The Morgan fingerprint density at radius 1 is 0.966 bits per heavy atom. The molecule has 5 atom stereocenters. The lowest BCUT2D eigenvalue weighted by Crippen LogP contribution is -2.58. The fraction of sp³-hybridized carbons (Fsp3) is 0.512. The summed E-state index contributed by atoms with van der Waals surface area (Å²) in [4.78, 5) is 98.5. The number of esters is 1. The number of primary amides is 1. The number of hydrogen-bond acceptors (Lipinski definition) is 11. The Bertz CT molecular complexity index is 2200. The second kappa shape index (κ2) is 17.4. The minimum atomic E-state index is -1.98. The van der Waals surface area contributed by atoms with E-state index in [0.29, 0.717) is 23.3 Å². The number of aliphatic hydroxyl groups is 1. The second-order valence-electron chi connectivity index (χ2n) is 15.9. The van der Waals surface area contributed by atoms with Crippen molar-refractivity contribution in [3.05, 3.63) is 62.9 Å². The van der Waals surface area contributed by atoms with E-state index in [-0.39, 0.29) is 67.1 Å². The second-order valence-corrected chi connectivity index (χ2v) is 15.9. The van der Waals surface area contributed by atoms with Gasteiger partial charge in [0.2, 0.25) is 29.5 Å². The van der Waals surface area contributed by atoms with Gasteiger partial charge in [-0.05, 0) is 70.6 Å². The number of nitrogens with one attached hydrogen (secondary N) is 3. The zero-order valence-corrected chi connectivity index (χ0v) is 34.0. The first-order valence-electron chi connectivity index (χ1n) is 19.6. The molecule has 3 aromatic rings. The molecule has 0 unspecified atom stereocenters. The zero-order valence-electron chi connectivity index (χ0n) is 34.0. The van der Waals surface area contributed by atoms with Gasteiger partial charge in [0.1, 0.15) is 24.7 Å². The number of carbonyl (C=O) groups excluding carboxylic acids is 6. The Morgan fingerprint density at radius 3 is 2.26 bits per heavy atom. The monoisotopic (exact) mass is 802 g/mol.